The van der Waals surface area contributed by atoms with Gasteiger partial charge in [0.1, 0.15) is 0 Å². The van der Waals surface area contributed by atoms with Gasteiger partial charge in [-0.25, -0.2) is 15.0 Å². The number of rotatable bonds is 6. The predicted molar refractivity (Wildman–Crippen MR) is 304 cm³/mol. The fourth-order valence-corrected chi connectivity index (χ4v) is 12.4. The molecular formula is C70H42N4O2. The van der Waals surface area contributed by atoms with E-state index in [1.165, 1.54) is 44.2 Å². The molecule has 0 amide bonds. The van der Waals surface area contributed by atoms with Crippen molar-refractivity contribution in [3.8, 4) is 107 Å². The lowest BCUT2D eigenvalue weighted by Gasteiger charge is -2.33. The van der Waals surface area contributed by atoms with Gasteiger partial charge < -0.3 is 14.0 Å². The summed E-state index contributed by atoms with van der Waals surface area (Å²) in [6.45, 7) is 0. The maximum atomic E-state index is 6.96. The molecule has 3 heterocycles. The first-order valence-corrected chi connectivity index (χ1v) is 25.7. The Kier molecular flexibility index (Phi) is 9.15. The van der Waals surface area contributed by atoms with Gasteiger partial charge in [-0.15, -0.1) is 0 Å². The Morgan fingerprint density at radius 1 is 0.303 bits per heavy atom. The van der Waals surface area contributed by atoms with Crippen LogP contribution in [0, 0.1) is 0 Å². The van der Waals surface area contributed by atoms with Crippen molar-refractivity contribution in [2.75, 3.05) is 0 Å². The van der Waals surface area contributed by atoms with Crippen molar-refractivity contribution in [2.24, 2.45) is 0 Å². The minimum atomic E-state index is -0.646. The summed E-state index contributed by atoms with van der Waals surface area (Å²) in [6, 6.07) is 90.4. The predicted octanol–water partition coefficient (Wildman–Crippen LogP) is 17.5. The first-order chi connectivity index (χ1) is 37.7. The van der Waals surface area contributed by atoms with Crippen LogP contribution in [-0.2, 0) is 5.41 Å². The van der Waals surface area contributed by atoms with Crippen LogP contribution < -0.4 is 9.47 Å². The summed E-state index contributed by atoms with van der Waals surface area (Å²) in [5.41, 5.74) is 19.7. The van der Waals surface area contributed by atoms with E-state index in [0.717, 1.165) is 89.8 Å². The van der Waals surface area contributed by atoms with Gasteiger partial charge in [-0.3, -0.25) is 0 Å². The lowest BCUT2D eigenvalue weighted by atomic mass is 9.70. The van der Waals surface area contributed by atoms with Gasteiger partial charge in [-0.05, 0) is 122 Å². The Bertz CT molecular complexity index is 4420. The molecule has 6 heteroatoms. The van der Waals surface area contributed by atoms with E-state index in [0.29, 0.717) is 17.5 Å². The number of hydrogen-bond acceptors (Lipinski definition) is 5. The SMILES string of the molecule is c1ccc(-c2nc(-c3ccccc3)nc(-c3cccc(-c4ccc(-n5c6ccccc6c6cc(-c7ccc8c(c7)C7(c9ccccc9-c9ccccc97)c7c-8ccc8c7Oc7ccccc7O8)ccc65)cc4)c3)n2)cc1. The van der Waals surface area contributed by atoms with E-state index < -0.39 is 5.41 Å². The number of aromatic nitrogens is 4. The molecule has 2 aromatic heterocycles. The first-order valence-electron chi connectivity index (χ1n) is 25.7. The van der Waals surface area contributed by atoms with Crippen LogP contribution in [0.3, 0.4) is 0 Å². The molecule has 6 nitrogen and oxygen atoms in total. The van der Waals surface area contributed by atoms with Gasteiger partial charge in [0.05, 0.1) is 16.4 Å². The first kappa shape index (κ1) is 42.3. The molecule has 1 spiro atoms. The van der Waals surface area contributed by atoms with Crippen molar-refractivity contribution in [3.63, 3.8) is 0 Å². The molecule has 0 radical (unpaired) electrons. The maximum absolute atomic E-state index is 6.96. The van der Waals surface area contributed by atoms with Crippen LogP contribution in [0.5, 0.6) is 23.0 Å². The monoisotopic (exact) mass is 970 g/mol. The zero-order chi connectivity index (χ0) is 49.9. The molecule has 1 aliphatic heterocycles. The van der Waals surface area contributed by atoms with Crippen molar-refractivity contribution >= 4 is 21.8 Å². The highest BCUT2D eigenvalue weighted by molar-refractivity contribution is 6.11. The van der Waals surface area contributed by atoms with E-state index in [-0.39, 0.29) is 0 Å². The molecule has 0 unspecified atom stereocenters. The Hall–Kier alpha value is -10.2. The minimum Gasteiger partial charge on any atom is -0.450 e. The van der Waals surface area contributed by atoms with Crippen LogP contribution in [0.25, 0.3) is 106 Å². The van der Waals surface area contributed by atoms with Crippen LogP contribution in [0.1, 0.15) is 22.3 Å². The number of para-hydroxylation sites is 3. The highest BCUT2D eigenvalue weighted by Crippen LogP contribution is 2.67. The molecule has 13 aromatic rings. The van der Waals surface area contributed by atoms with Crippen molar-refractivity contribution < 1.29 is 9.47 Å². The summed E-state index contributed by atoms with van der Waals surface area (Å²) in [7, 11) is 0. The van der Waals surface area contributed by atoms with Crippen molar-refractivity contribution in [2.45, 2.75) is 5.41 Å². The van der Waals surface area contributed by atoms with E-state index in [1.54, 1.807) is 0 Å². The van der Waals surface area contributed by atoms with Gasteiger partial charge in [0.2, 0.25) is 0 Å². The second-order valence-corrected chi connectivity index (χ2v) is 19.8. The Morgan fingerprint density at radius 3 is 1.54 bits per heavy atom. The zero-order valence-electron chi connectivity index (χ0n) is 40.9. The molecule has 354 valence electrons. The van der Waals surface area contributed by atoms with Gasteiger partial charge in [-0.1, -0.05) is 194 Å². The fourth-order valence-electron chi connectivity index (χ4n) is 12.4. The summed E-state index contributed by atoms with van der Waals surface area (Å²) in [6.07, 6.45) is 0. The Morgan fingerprint density at radius 2 is 0.816 bits per heavy atom. The van der Waals surface area contributed by atoms with Gasteiger partial charge >= 0.3 is 0 Å². The zero-order valence-corrected chi connectivity index (χ0v) is 40.9. The molecule has 0 saturated heterocycles. The number of fused-ring (bicyclic) bond motifs is 16. The van der Waals surface area contributed by atoms with Gasteiger partial charge in [-0.2, -0.15) is 0 Å². The van der Waals surface area contributed by atoms with Crippen LogP contribution in [0.15, 0.2) is 255 Å². The third kappa shape index (κ3) is 6.25. The smallest absolute Gasteiger partial charge is 0.175 e. The second-order valence-electron chi connectivity index (χ2n) is 19.8. The van der Waals surface area contributed by atoms with Crippen molar-refractivity contribution in [3.05, 3.63) is 277 Å². The quantitative estimate of drug-likeness (QED) is 0.166. The fraction of sp³-hybridized carbons (Fsp3) is 0.0143. The number of nitrogens with zero attached hydrogens (tertiary/aromatic N) is 4. The average Bonchev–Trinajstić information content (AvgIpc) is 4.18. The maximum Gasteiger partial charge on any atom is 0.175 e. The topological polar surface area (TPSA) is 62.1 Å². The summed E-state index contributed by atoms with van der Waals surface area (Å²) < 4.78 is 16.0. The molecule has 0 atom stereocenters. The molecule has 0 saturated carbocycles. The summed E-state index contributed by atoms with van der Waals surface area (Å²) in [5.74, 6) is 4.85. The molecule has 0 fully saturated rings. The third-order valence-corrected chi connectivity index (χ3v) is 15.7. The minimum absolute atomic E-state index is 0.629. The lowest BCUT2D eigenvalue weighted by Crippen LogP contribution is -2.27. The molecule has 0 N–H and O–H groups in total. The number of ether oxygens (including phenoxy) is 2. The molecule has 76 heavy (non-hydrogen) atoms. The molecule has 3 aliphatic rings. The summed E-state index contributed by atoms with van der Waals surface area (Å²) >= 11 is 0. The molecule has 0 bridgehead atoms. The second kappa shape index (κ2) is 16.4. The summed E-state index contributed by atoms with van der Waals surface area (Å²) in [4.78, 5) is 14.9. The van der Waals surface area contributed by atoms with Crippen LogP contribution in [0.2, 0.25) is 0 Å². The van der Waals surface area contributed by atoms with E-state index in [4.69, 9.17) is 24.4 Å². The van der Waals surface area contributed by atoms with Crippen LogP contribution in [0.4, 0.5) is 0 Å². The molecule has 11 aromatic carbocycles. The van der Waals surface area contributed by atoms with E-state index in [9.17, 15) is 0 Å². The number of hydrogen-bond donors (Lipinski definition) is 0. The lowest BCUT2D eigenvalue weighted by molar-refractivity contribution is 0.354. The van der Waals surface area contributed by atoms with Gasteiger partial charge in [0.25, 0.3) is 0 Å². The van der Waals surface area contributed by atoms with Crippen LogP contribution >= 0.6 is 0 Å². The molecular weight excluding hydrogens is 929 g/mol. The highest BCUT2D eigenvalue weighted by atomic mass is 16.6. The Balaban J connectivity index is 0.790. The van der Waals surface area contributed by atoms with Crippen molar-refractivity contribution in [1.29, 1.82) is 0 Å². The standard InChI is InChI=1S/C70H42N4O2/c1-3-16-44(17-4-1)67-71-68(45-18-5-2-6-19-45)73-69(72-67)49-21-15-20-46(40-49)43-30-34-50(35-31-43)74-60-27-12-9-24-54(60)56-41-47(33-38-61(56)74)48-32-36-53-55-37-39-64-66(76-63-29-14-13-28-62(63)75-64)65(55)70(59(53)42-48)57-25-10-7-22-51(57)52-23-8-11-26-58(52)70/h1-42H. The van der Waals surface area contributed by atoms with E-state index in [1.807, 2.05) is 84.9 Å². The Labute approximate surface area is 438 Å². The van der Waals surface area contributed by atoms with Crippen molar-refractivity contribution in [1.82, 2.24) is 19.5 Å². The largest absolute Gasteiger partial charge is 0.450 e. The van der Waals surface area contributed by atoms with Gasteiger partial charge in [0.15, 0.2) is 40.5 Å². The summed E-state index contributed by atoms with van der Waals surface area (Å²) in [5, 5.41) is 2.39. The van der Waals surface area contributed by atoms with Gasteiger partial charge in [0, 0.05) is 38.7 Å². The third-order valence-electron chi connectivity index (χ3n) is 15.7. The van der Waals surface area contributed by atoms with Crippen LogP contribution in [-0.4, -0.2) is 19.5 Å². The molecule has 2 aliphatic carbocycles. The normalized spacial score (nSPS) is 13.1. The van der Waals surface area contributed by atoms with E-state index in [2.05, 4.69) is 174 Å². The average molecular weight is 971 g/mol. The number of benzene rings is 11. The molecule has 16 rings (SSSR count). The van der Waals surface area contributed by atoms with E-state index >= 15 is 0 Å². The highest BCUT2D eigenvalue weighted by Gasteiger charge is 2.54.